The molecule has 6 rings (SSSR count). The molecule has 2 aromatic rings. The first kappa shape index (κ1) is 26.0. The van der Waals surface area contributed by atoms with Gasteiger partial charge in [0.05, 0.1) is 12.2 Å². The average molecular weight is 526 g/mol. The third-order valence-corrected chi connectivity index (χ3v) is 9.71. The second kappa shape index (κ2) is 9.77. The van der Waals surface area contributed by atoms with Crippen LogP contribution in [0.25, 0.3) is 0 Å². The van der Waals surface area contributed by atoms with Gasteiger partial charge in [0.25, 0.3) is 0 Å². The Bertz CT molecular complexity index is 1430. The van der Waals surface area contributed by atoms with Crippen molar-refractivity contribution in [1.29, 1.82) is 0 Å². The molecule has 1 heterocycles. The first-order valence-electron chi connectivity index (χ1n) is 14.1. The Hall–Kier alpha value is -3.20. The molecule has 0 bridgehead atoms. The number of ketones is 1. The maximum atomic E-state index is 14.4. The minimum atomic E-state index is -1.29. The monoisotopic (exact) mass is 525 g/mol. The molecular weight excluding hydrogens is 489 g/mol. The van der Waals surface area contributed by atoms with Crippen molar-refractivity contribution < 1.29 is 19.0 Å². The third kappa shape index (κ3) is 4.35. The molecular formula is C34H36FNO3. The zero-order chi connectivity index (χ0) is 27.4. The SMILES string of the molecule is CN(C)c1ccc(C2OCC3(C)C(CCC3(O)C#Cc3ccccc3F)C3CCC4=CC(=O)CCC4=C23)cc1. The summed E-state index contributed by atoms with van der Waals surface area (Å²) in [6.07, 6.45) is 6.02. The number of nitrogens with zero attached hydrogens (tertiary/aromatic N) is 1. The Morgan fingerprint density at radius 3 is 2.56 bits per heavy atom. The van der Waals surface area contributed by atoms with Crippen molar-refractivity contribution in [2.45, 2.75) is 57.2 Å². The number of ether oxygens (including phenoxy) is 1. The van der Waals surface area contributed by atoms with Gasteiger partial charge in [0.1, 0.15) is 17.5 Å². The Balaban J connectivity index is 1.45. The lowest BCUT2D eigenvalue weighted by atomic mass is 9.61. The van der Waals surface area contributed by atoms with Crippen LogP contribution in [0, 0.1) is 34.9 Å². The smallest absolute Gasteiger partial charge is 0.156 e. The van der Waals surface area contributed by atoms with Gasteiger partial charge in [-0.1, -0.05) is 43.0 Å². The summed E-state index contributed by atoms with van der Waals surface area (Å²) in [7, 11) is 4.06. The van der Waals surface area contributed by atoms with E-state index in [2.05, 4.69) is 47.9 Å². The molecule has 0 aromatic heterocycles. The number of anilines is 1. The van der Waals surface area contributed by atoms with Crippen molar-refractivity contribution in [3.05, 3.63) is 88.3 Å². The molecule has 4 aliphatic rings. The van der Waals surface area contributed by atoms with E-state index in [-0.39, 0.29) is 29.5 Å². The van der Waals surface area contributed by atoms with Gasteiger partial charge < -0.3 is 14.7 Å². The van der Waals surface area contributed by atoms with Gasteiger partial charge in [-0.15, -0.1) is 0 Å². The van der Waals surface area contributed by atoms with Crippen molar-refractivity contribution in [2.24, 2.45) is 17.3 Å². The number of carbonyl (C=O) groups excluding carboxylic acids is 1. The molecule has 0 amide bonds. The number of halogens is 1. The van der Waals surface area contributed by atoms with Crippen molar-refractivity contribution in [2.75, 3.05) is 25.6 Å². The molecule has 2 aromatic carbocycles. The minimum absolute atomic E-state index is 0.171. The Morgan fingerprint density at radius 1 is 1.05 bits per heavy atom. The molecule has 202 valence electrons. The maximum absolute atomic E-state index is 14.4. The second-order valence-corrected chi connectivity index (χ2v) is 12.0. The fourth-order valence-electron chi connectivity index (χ4n) is 7.43. The number of rotatable bonds is 2. The fraction of sp³-hybridized carbons (Fsp3) is 0.441. The number of aliphatic hydroxyl groups is 1. The van der Waals surface area contributed by atoms with Gasteiger partial charge in [-0.25, -0.2) is 4.39 Å². The summed E-state index contributed by atoms with van der Waals surface area (Å²) < 4.78 is 21.2. The summed E-state index contributed by atoms with van der Waals surface area (Å²) in [5.74, 6) is 6.31. The van der Waals surface area contributed by atoms with E-state index in [4.69, 9.17) is 4.74 Å². The Labute approximate surface area is 230 Å². The molecule has 3 aliphatic carbocycles. The molecule has 4 nitrogen and oxygen atoms in total. The zero-order valence-corrected chi connectivity index (χ0v) is 23.0. The highest BCUT2D eigenvalue weighted by Gasteiger charge is 2.61. The molecule has 0 radical (unpaired) electrons. The standard InChI is InChI=1S/C34H36FNO3/c1-33-21-39-32(23-8-11-25(12-9-23)36(2)3)31-27-15-13-26(37)20-24(27)10-14-28(31)29(33)17-19-34(33,38)18-16-22-6-4-5-7-30(22)35/h4-9,11-12,20,28-29,32,38H,10,13-15,17,19,21H2,1-3H3. The lowest BCUT2D eigenvalue weighted by Gasteiger charge is -2.42. The third-order valence-electron chi connectivity index (χ3n) is 9.71. The zero-order valence-electron chi connectivity index (χ0n) is 23.0. The lowest BCUT2D eigenvalue weighted by molar-refractivity contribution is -0.114. The van der Waals surface area contributed by atoms with Crippen molar-refractivity contribution in [3.8, 4) is 11.8 Å². The van der Waals surface area contributed by atoms with Crippen LogP contribution >= 0.6 is 0 Å². The van der Waals surface area contributed by atoms with E-state index in [1.165, 1.54) is 17.2 Å². The van der Waals surface area contributed by atoms with Gasteiger partial charge in [-0.05, 0) is 96.6 Å². The largest absolute Gasteiger partial charge is 0.378 e. The van der Waals surface area contributed by atoms with Crippen LogP contribution in [0.4, 0.5) is 10.1 Å². The molecule has 1 saturated carbocycles. The Morgan fingerprint density at radius 2 is 1.82 bits per heavy atom. The van der Waals surface area contributed by atoms with E-state index in [1.807, 2.05) is 20.2 Å². The number of hydrogen-bond acceptors (Lipinski definition) is 4. The van der Waals surface area contributed by atoms with E-state index < -0.39 is 11.0 Å². The van der Waals surface area contributed by atoms with Gasteiger partial charge in [0.15, 0.2) is 5.78 Å². The van der Waals surface area contributed by atoms with Crippen LogP contribution < -0.4 is 4.90 Å². The summed E-state index contributed by atoms with van der Waals surface area (Å²) >= 11 is 0. The molecule has 5 heteroatoms. The van der Waals surface area contributed by atoms with E-state index in [0.29, 0.717) is 25.0 Å². The van der Waals surface area contributed by atoms with Crippen LogP contribution in [0.15, 0.2) is 71.3 Å². The summed E-state index contributed by atoms with van der Waals surface area (Å²) in [4.78, 5) is 14.4. The number of fused-ring (bicyclic) bond motifs is 4. The van der Waals surface area contributed by atoms with Crippen LogP contribution in [-0.4, -0.2) is 37.2 Å². The van der Waals surface area contributed by atoms with Crippen LogP contribution in [0.1, 0.15) is 62.7 Å². The molecule has 2 fully saturated rings. The predicted molar refractivity (Wildman–Crippen MR) is 151 cm³/mol. The number of allylic oxidation sites excluding steroid dienone is 3. The van der Waals surface area contributed by atoms with Gasteiger partial charge in [0, 0.05) is 31.6 Å². The quantitative estimate of drug-likeness (QED) is 0.478. The molecule has 1 aliphatic heterocycles. The highest BCUT2D eigenvalue weighted by atomic mass is 19.1. The van der Waals surface area contributed by atoms with Gasteiger partial charge >= 0.3 is 0 Å². The molecule has 5 unspecified atom stereocenters. The topological polar surface area (TPSA) is 49.8 Å². The van der Waals surface area contributed by atoms with Crippen molar-refractivity contribution in [1.82, 2.24) is 0 Å². The molecule has 0 spiro atoms. The normalized spacial score (nSPS) is 31.8. The second-order valence-electron chi connectivity index (χ2n) is 12.0. The van der Waals surface area contributed by atoms with Crippen LogP contribution in [0.2, 0.25) is 0 Å². The molecule has 1 saturated heterocycles. The number of hydrogen-bond donors (Lipinski definition) is 1. The highest BCUT2D eigenvalue weighted by molar-refractivity contribution is 5.93. The lowest BCUT2D eigenvalue weighted by Crippen LogP contribution is -2.48. The van der Waals surface area contributed by atoms with Crippen LogP contribution in [0.5, 0.6) is 0 Å². The van der Waals surface area contributed by atoms with E-state index in [0.717, 1.165) is 42.5 Å². The summed E-state index contributed by atoms with van der Waals surface area (Å²) in [5, 5.41) is 12.1. The van der Waals surface area contributed by atoms with E-state index >= 15 is 0 Å². The predicted octanol–water partition coefficient (Wildman–Crippen LogP) is 6.16. The fourth-order valence-corrected chi connectivity index (χ4v) is 7.43. The van der Waals surface area contributed by atoms with Crippen molar-refractivity contribution >= 4 is 11.5 Å². The highest BCUT2D eigenvalue weighted by Crippen LogP contribution is 2.61. The van der Waals surface area contributed by atoms with Gasteiger partial charge in [-0.2, -0.15) is 0 Å². The van der Waals surface area contributed by atoms with Crippen LogP contribution in [0.3, 0.4) is 0 Å². The van der Waals surface area contributed by atoms with Crippen molar-refractivity contribution in [3.63, 3.8) is 0 Å². The summed E-state index contributed by atoms with van der Waals surface area (Å²) in [6, 6.07) is 15.0. The van der Waals surface area contributed by atoms with E-state index in [1.54, 1.807) is 18.2 Å². The molecule has 5 atom stereocenters. The first-order valence-corrected chi connectivity index (χ1v) is 14.1. The first-order chi connectivity index (χ1) is 18.7. The number of benzene rings is 2. The van der Waals surface area contributed by atoms with E-state index in [9.17, 15) is 14.3 Å². The minimum Gasteiger partial charge on any atom is -0.378 e. The Kier molecular flexibility index (Phi) is 6.52. The number of carbonyl (C=O) groups is 1. The van der Waals surface area contributed by atoms with Gasteiger partial charge in [0.2, 0.25) is 0 Å². The maximum Gasteiger partial charge on any atom is 0.156 e. The molecule has 39 heavy (non-hydrogen) atoms. The van der Waals surface area contributed by atoms with Crippen LogP contribution in [-0.2, 0) is 9.53 Å². The summed E-state index contributed by atoms with van der Waals surface area (Å²) in [5.41, 5.74) is 4.33. The average Bonchev–Trinajstić information content (AvgIpc) is 3.10. The summed E-state index contributed by atoms with van der Waals surface area (Å²) in [6.45, 7) is 2.46. The van der Waals surface area contributed by atoms with Gasteiger partial charge in [-0.3, -0.25) is 4.79 Å². The molecule has 1 N–H and O–H groups in total.